The van der Waals surface area contributed by atoms with Crippen molar-refractivity contribution in [3.05, 3.63) is 0 Å². The number of amides is 2. The van der Waals surface area contributed by atoms with Crippen LogP contribution in [-0.2, 0) is 26.1 Å². The topological polar surface area (TPSA) is 117 Å². The van der Waals surface area contributed by atoms with Crippen LogP contribution in [0.5, 0.6) is 0 Å². The number of guanidine groups is 2. The maximum atomic E-state index is 10.4. The number of nitrogens with two attached hydrogens (primary N) is 2. The van der Waals surface area contributed by atoms with Gasteiger partial charge in [0.15, 0.2) is 11.9 Å². The molecule has 8 nitrogen and oxygen atoms in total. The fourth-order valence-electron chi connectivity index (χ4n) is 1.06. The standard InChI is InChI=1S/2C4H7N3O.2ClH.Pt/c2*1-7-2-3(8)6-4(7)5;;;/h2*2H2,1H3,(H2,5,6,8);2*1H;/q;;;;+2/p-2. The zero-order valence-electron chi connectivity index (χ0n) is 10.2. The van der Waals surface area contributed by atoms with Crippen LogP contribution < -0.4 is 11.5 Å². The number of hydrogen-bond acceptors (Lipinski definition) is 6. The van der Waals surface area contributed by atoms with Gasteiger partial charge in [0.05, 0.1) is 0 Å². The van der Waals surface area contributed by atoms with Crippen molar-refractivity contribution < 1.29 is 26.1 Å². The first kappa shape index (κ1) is 18.1. The van der Waals surface area contributed by atoms with Crippen LogP contribution in [-0.4, -0.2) is 60.7 Å². The van der Waals surface area contributed by atoms with Crippen molar-refractivity contribution in [2.75, 3.05) is 27.2 Å². The Morgan fingerprint density at radius 3 is 1.32 bits per heavy atom. The molecule has 19 heavy (non-hydrogen) atoms. The molecule has 0 fully saturated rings. The van der Waals surface area contributed by atoms with Crippen molar-refractivity contribution >= 4 is 42.6 Å². The van der Waals surface area contributed by atoms with Gasteiger partial charge < -0.3 is 21.3 Å². The number of nitrogens with zero attached hydrogens (tertiary/aromatic N) is 4. The molecule has 0 saturated heterocycles. The predicted molar refractivity (Wildman–Crippen MR) is 70.2 cm³/mol. The van der Waals surface area contributed by atoms with Gasteiger partial charge in [-0.25, -0.2) is 0 Å². The molecule has 0 radical (unpaired) electrons. The van der Waals surface area contributed by atoms with Gasteiger partial charge in [0.2, 0.25) is 0 Å². The second-order valence-corrected chi connectivity index (χ2v) is 6.77. The molecule has 2 rings (SSSR count). The molecule has 0 bridgehead atoms. The summed E-state index contributed by atoms with van der Waals surface area (Å²) in [4.78, 5) is 30.8. The molecular formula is C8H14Cl2N6O2Pt. The van der Waals surface area contributed by atoms with E-state index in [9.17, 15) is 9.59 Å². The monoisotopic (exact) mass is 491 g/mol. The third kappa shape index (κ3) is 7.34. The Bertz CT molecular complexity index is 367. The molecule has 2 amide bonds. The minimum atomic E-state index is -0.472. The molecular weight excluding hydrogens is 478 g/mol. The molecule has 0 aromatic rings. The molecule has 2 aliphatic heterocycles. The predicted octanol–water partition coefficient (Wildman–Crippen LogP) is -1.08. The number of likely N-dealkylation sites (N-methyl/N-ethyl adjacent to an activating group) is 2. The van der Waals surface area contributed by atoms with Gasteiger partial charge >= 0.3 is 35.3 Å². The van der Waals surface area contributed by atoms with Crippen LogP contribution in [0, 0.1) is 0 Å². The second kappa shape index (κ2) is 9.12. The zero-order valence-corrected chi connectivity index (χ0v) is 14.0. The summed E-state index contributed by atoms with van der Waals surface area (Å²) >= 11 is -0.472. The van der Waals surface area contributed by atoms with Crippen LogP contribution in [0.2, 0.25) is 0 Å². The Morgan fingerprint density at radius 1 is 1.00 bits per heavy atom. The summed E-state index contributed by atoms with van der Waals surface area (Å²) in [6.45, 7) is 0.650. The molecule has 11 heteroatoms. The Kier molecular flexibility index (Phi) is 8.71. The first-order chi connectivity index (χ1) is 8.81. The van der Waals surface area contributed by atoms with Crippen LogP contribution in [0.3, 0.4) is 0 Å². The number of halogens is 2. The van der Waals surface area contributed by atoms with E-state index in [1.807, 2.05) is 0 Å². The van der Waals surface area contributed by atoms with Crippen LogP contribution in [0.4, 0.5) is 0 Å². The van der Waals surface area contributed by atoms with E-state index in [1.54, 1.807) is 23.9 Å². The first-order valence-electron chi connectivity index (χ1n) is 4.80. The third-order valence-electron chi connectivity index (χ3n) is 2.01. The Labute approximate surface area is 127 Å². The molecule has 0 spiro atoms. The molecule has 0 aliphatic carbocycles. The van der Waals surface area contributed by atoms with E-state index in [0.29, 0.717) is 25.0 Å². The summed E-state index contributed by atoms with van der Waals surface area (Å²) < 4.78 is 0. The van der Waals surface area contributed by atoms with E-state index < -0.39 is 16.5 Å². The summed E-state index contributed by atoms with van der Waals surface area (Å²) in [7, 11) is 13.2. The van der Waals surface area contributed by atoms with Crippen LogP contribution in [0.1, 0.15) is 0 Å². The summed E-state index contributed by atoms with van der Waals surface area (Å²) in [6.07, 6.45) is 0. The second-order valence-electron chi connectivity index (χ2n) is 3.48. The van der Waals surface area contributed by atoms with Crippen molar-refractivity contribution in [3.8, 4) is 0 Å². The molecule has 0 aromatic heterocycles. The van der Waals surface area contributed by atoms with E-state index in [1.165, 1.54) is 0 Å². The molecule has 0 saturated carbocycles. The normalized spacial score (nSPS) is 17.5. The summed E-state index contributed by atoms with van der Waals surface area (Å²) in [5, 5.41) is 0. The van der Waals surface area contributed by atoms with Gasteiger partial charge in [-0.15, -0.1) is 0 Å². The van der Waals surface area contributed by atoms with Gasteiger partial charge in [0.1, 0.15) is 13.1 Å². The molecule has 0 aromatic carbocycles. The minimum absolute atomic E-state index is 0.162. The van der Waals surface area contributed by atoms with E-state index in [2.05, 4.69) is 9.98 Å². The molecule has 0 unspecified atom stereocenters. The SMILES string of the molecule is CN1CC(=O)N=C1N.CN1CC(=O)N=C1N.[Cl][Pt][Cl]. The summed E-state index contributed by atoms with van der Waals surface area (Å²) in [5.74, 6) is 0.306. The van der Waals surface area contributed by atoms with Crippen molar-refractivity contribution in [2.45, 2.75) is 0 Å². The van der Waals surface area contributed by atoms with Crippen molar-refractivity contribution in [1.29, 1.82) is 0 Å². The van der Waals surface area contributed by atoms with Gasteiger partial charge in [0, 0.05) is 14.1 Å². The number of hydrogen-bond donors (Lipinski definition) is 2. The van der Waals surface area contributed by atoms with E-state index in [0.717, 1.165) is 0 Å². The number of aliphatic imine (C=N–C) groups is 2. The van der Waals surface area contributed by atoms with Gasteiger partial charge in [-0.3, -0.25) is 9.59 Å². The average Bonchev–Trinajstić information content (AvgIpc) is 2.72. The Morgan fingerprint density at radius 2 is 1.26 bits per heavy atom. The Balaban J connectivity index is 0.000000284. The molecule has 0 atom stereocenters. The van der Waals surface area contributed by atoms with Crippen LogP contribution in [0.15, 0.2) is 9.98 Å². The van der Waals surface area contributed by atoms with E-state index in [-0.39, 0.29) is 11.8 Å². The van der Waals surface area contributed by atoms with E-state index in [4.69, 9.17) is 30.3 Å². The van der Waals surface area contributed by atoms with E-state index >= 15 is 0 Å². The van der Waals surface area contributed by atoms with Crippen molar-refractivity contribution in [1.82, 2.24) is 9.80 Å². The fourth-order valence-corrected chi connectivity index (χ4v) is 1.06. The average molecular weight is 492 g/mol. The van der Waals surface area contributed by atoms with Gasteiger partial charge in [0.25, 0.3) is 11.8 Å². The fraction of sp³-hybridized carbons (Fsp3) is 0.500. The van der Waals surface area contributed by atoms with Gasteiger partial charge in [-0.1, -0.05) is 0 Å². The van der Waals surface area contributed by atoms with Crippen molar-refractivity contribution in [2.24, 2.45) is 21.5 Å². The molecule has 2 heterocycles. The third-order valence-corrected chi connectivity index (χ3v) is 2.01. The quantitative estimate of drug-likeness (QED) is 0.445. The summed E-state index contributed by atoms with van der Waals surface area (Å²) in [6, 6.07) is 0. The Hall–Kier alpha value is -0.852. The van der Waals surface area contributed by atoms with Gasteiger partial charge in [-0.2, -0.15) is 9.98 Å². The first-order valence-corrected chi connectivity index (χ1v) is 10.4. The maximum absolute atomic E-state index is 10.4. The van der Waals surface area contributed by atoms with Crippen LogP contribution in [0.25, 0.3) is 0 Å². The summed E-state index contributed by atoms with van der Waals surface area (Å²) in [5.41, 5.74) is 10.4. The van der Waals surface area contributed by atoms with Crippen LogP contribution >= 0.6 is 18.8 Å². The van der Waals surface area contributed by atoms with Gasteiger partial charge in [-0.05, 0) is 0 Å². The zero-order chi connectivity index (χ0) is 15.0. The number of rotatable bonds is 0. The molecule has 112 valence electrons. The molecule has 2 aliphatic rings. The molecule has 4 N–H and O–H groups in total. The number of carbonyl (C=O) groups excluding carboxylic acids is 2. The number of carbonyl (C=O) groups is 2. The van der Waals surface area contributed by atoms with Crippen molar-refractivity contribution in [3.63, 3.8) is 0 Å².